The number of imide groups is 1. The van der Waals surface area contributed by atoms with Gasteiger partial charge in [-0.3, -0.25) is 19.3 Å². The fourth-order valence-corrected chi connectivity index (χ4v) is 6.33. The SMILES string of the molecule is Cl.NC1CC2CCCC(C1)C2NC(=O)CN1C(=O)C2C3CCC(O3)C2C1=O. The van der Waals surface area contributed by atoms with Gasteiger partial charge in [-0.15, -0.1) is 12.4 Å². The molecule has 0 aromatic heterocycles. The van der Waals surface area contributed by atoms with E-state index < -0.39 is 0 Å². The molecule has 0 radical (unpaired) electrons. The molecule has 4 bridgehead atoms. The molecule has 7 nitrogen and oxygen atoms in total. The van der Waals surface area contributed by atoms with Crippen LogP contribution in [-0.4, -0.2) is 53.5 Å². The topological polar surface area (TPSA) is 102 Å². The third-order valence-corrected chi connectivity index (χ3v) is 7.38. The summed E-state index contributed by atoms with van der Waals surface area (Å²) in [7, 11) is 0. The van der Waals surface area contributed by atoms with Gasteiger partial charge in [0.15, 0.2) is 0 Å². The van der Waals surface area contributed by atoms with Crippen molar-refractivity contribution in [1.82, 2.24) is 10.2 Å². The number of nitrogens with two attached hydrogens (primary N) is 1. The van der Waals surface area contributed by atoms with Crippen molar-refractivity contribution in [3.8, 4) is 0 Å². The number of halogens is 1. The molecule has 5 rings (SSSR count). The highest BCUT2D eigenvalue weighted by atomic mass is 35.5. The van der Waals surface area contributed by atoms with Crippen LogP contribution in [0.25, 0.3) is 0 Å². The first-order valence-corrected chi connectivity index (χ1v) is 10.1. The number of rotatable bonds is 3. The quantitative estimate of drug-likeness (QED) is 0.679. The minimum atomic E-state index is -0.360. The number of nitrogens with zero attached hydrogens (tertiary/aromatic N) is 1. The number of ether oxygens (including phenoxy) is 1. The largest absolute Gasteiger partial charge is 0.373 e. The predicted octanol–water partition coefficient (Wildman–Crippen LogP) is 0.593. The average molecular weight is 398 g/mol. The summed E-state index contributed by atoms with van der Waals surface area (Å²) < 4.78 is 5.73. The number of fused-ring (bicyclic) bond motifs is 7. The smallest absolute Gasteiger partial charge is 0.240 e. The van der Waals surface area contributed by atoms with E-state index in [1.165, 1.54) is 11.3 Å². The van der Waals surface area contributed by atoms with Gasteiger partial charge in [0.25, 0.3) is 0 Å². The molecule has 6 unspecified atom stereocenters. The summed E-state index contributed by atoms with van der Waals surface area (Å²) >= 11 is 0. The van der Waals surface area contributed by atoms with Crippen molar-refractivity contribution in [1.29, 1.82) is 0 Å². The van der Waals surface area contributed by atoms with Gasteiger partial charge in [0, 0.05) is 12.1 Å². The standard InChI is InChI=1S/C19H27N3O4.ClH/c20-11-6-9-2-1-3-10(7-11)17(9)21-14(23)8-22-18(24)15-12-4-5-13(26-12)16(15)19(22)25;/h9-13,15-17H,1-8,20H2,(H,21,23);1H. The Balaban J connectivity index is 0.00000180. The Labute approximate surface area is 165 Å². The first-order chi connectivity index (χ1) is 12.5. The minimum absolute atomic E-state index is 0. The summed E-state index contributed by atoms with van der Waals surface area (Å²) in [5, 5.41) is 3.14. The summed E-state index contributed by atoms with van der Waals surface area (Å²) in [5.41, 5.74) is 6.15. The number of amides is 3. The normalized spacial score (nSPS) is 44.9. The average Bonchev–Trinajstić information content (AvgIpc) is 3.26. The van der Waals surface area contributed by atoms with Gasteiger partial charge < -0.3 is 15.8 Å². The molecule has 0 aromatic carbocycles. The number of hydrogen-bond acceptors (Lipinski definition) is 5. The van der Waals surface area contributed by atoms with E-state index in [1.54, 1.807) is 0 Å². The number of carbonyl (C=O) groups excluding carboxylic acids is 3. The van der Waals surface area contributed by atoms with Crippen LogP contribution < -0.4 is 11.1 Å². The maximum atomic E-state index is 12.7. The third-order valence-electron chi connectivity index (χ3n) is 7.38. The molecule has 2 aliphatic carbocycles. The lowest BCUT2D eigenvalue weighted by molar-refractivity contribution is -0.146. The molecule has 5 fully saturated rings. The molecule has 8 heteroatoms. The Bertz CT molecular complexity index is 617. The van der Waals surface area contributed by atoms with Crippen molar-refractivity contribution in [2.24, 2.45) is 29.4 Å². The van der Waals surface area contributed by atoms with Crippen LogP contribution in [0.3, 0.4) is 0 Å². The fourth-order valence-electron chi connectivity index (χ4n) is 6.33. The highest BCUT2D eigenvalue weighted by Crippen LogP contribution is 2.48. The van der Waals surface area contributed by atoms with Gasteiger partial charge in [-0.1, -0.05) is 6.42 Å². The van der Waals surface area contributed by atoms with E-state index in [0.717, 1.165) is 38.5 Å². The lowest BCUT2D eigenvalue weighted by Crippen LogP contribution is -2.55. The van der Waals surface area contributed by atoms with E-state index in [0.29, 0.717) is 11.8 Å². The van der Waals surface area contributed by atoms with Gasteiger partial charge in [-0.25, -0.2) is 0 Å². The molecular formula is C19H28ClN3O4. The molecular weight excluding hydrogens is 370 g/mol. The molecule has 3 aliphatic heterocycles. The van der Waals surface area contributed by atoms with Gasteiger partial charge in [-0.05, 0) is 50.4 Å². The van der Waals surface area contributed by atoms with E-state index in [2.05, 4.69) is 5.32 Å². The summed E-state index contributed by atoms with van der Waals surface area (Å²) in [6.07, 6.45) is 6.73. The first-order valence-electron chi connectivity index (χ1n) is 10.1. The lowest BCUT2D eigenvalue weighted by atomic mass is 9.67. The van der Waals surface area contributed by atoms with Crippen molar-refractivity contribution in [3.05, 3.63) is 0 Å². The molecule has 0 aromatic rings. The number of hydrogen-bond donors (Lipinski definition) is 2. The fraction of sp³-hybridized carbons (Fsp3) is 0.842. The van der Waals surface area contributed by atoms with Crippen molar-refractivity contribution < 1.29 is 19.1 Å². The Morgan fingerprint density at radius 1 is 1.04 bits per heavy atom. The Kier molecular flexibility index (Phi) is 4.97. The van der Waals surface area contributed by atoms with Crippen molar-refractivity contribution >= 4 is 30.1 Å². The van der Waals surface area contributed by atoms with Gasteiger partial charge in [0.05, 0.1) is 24.0 Å². The Morgan fingerprint density at radius 3 is 2.15 bits per heavy atom. The van der Waals surface area contributed by atoms with Crippen LogP contribution >= 0.6 is 12.4 Å². The van der Waals surface area contributed by atoms with E-state index in [1.807, 2.05) is 0 Å². The summed E-state index contributed by atoms with van der Waals surface area (Å²) in [5.74, 6) is -0.508. The van der Waals surface area contributed by atoms with E-state index in [9.17, 15) is 14.4 Å². The summed E-state index contributed by atoms with van der Waals surface area (Å²) in [6.45, 7) is -0.147. The van der Waals surface area contributed by atoms with Crippen LogP contribution in [0.5, 0.6) is 0 Å². The molecule has 3 amide bonds. The maximum absolute atomic E-state index is 12.7. The number of likely N-dealkylation sites (tertiary alicyclic amines) is 1. The van der Waals surface area contributed by atoms with Gasteiger partial charge in [0.1, 0.15) is 6.54 Å². The molecule has 3 saturated heterocycles. The van der Waals surface area contributed by atoms with Gasteiger partial charge >= 0.3 is 0 Å². The van der Waals surface area contributed by atoms with Crippen LogP contribution in [0.2, 0.25) is 0 Å². The molecule has 2 saturated carbocycles. The second kappa shape index (κ2) is 7.01. The van der Waals surface area contributed by atoms with Crippen LogP contribution in [0, 0.1) is 23.7 Å². The van der Waals surface area contributed by atoms with Crippen LogP contribution in [0.4, 0.5) is 0 Å². The number of nitrogens with one attached hydrogen (secondary N) is 1. The monoisotopic (exact) mass is 397 g/mol. The van der Waals surface area contributed by atoms with E-state index >= 15 is 0 Å². The van der Waals surface area contributed by atoms with Crippen molar-refractivity contribution in [2.75, 3.05) is 6.54 Å². The summed E-state index contributed by atoms with van der Waals surface area (Å²) in [4.78, 5) is 39.2. The molecule has 0 spiro atoms. The highest BCUT2D eigenvalue weighted by molar-refractivity contribution is 6.08. The zero-order valence-corrected chi connectivity index (χ0v) is 16.2. The lowest BCUT2D eigenvalue weighted by Gasteiger charge is -2.45. The Morgan fingerprint density at radius 2 is 1.59 bits per heavy atom. The highest BCUT2D eigenvalue weighted by Gasteiger charge is 2.62. The minimum Gasteiger partial charge on any atom is -0.373 e. The second-order valence-electron chi connectivity index (χ2n) is 8.88. The zero-order valence-electron chi connectivity index (χ0n) is 15.3. The molecule has 3 N–H and O–H groups in total. The zero-order chi connectivity index (χ0) is 18.0. The van der Waals surface area contributed by atoms with Gasteiger partial charge in [0.2, 0.25) is 17.7 Å². The van der Waals surface area contributed by atoms with Gasteiger partial charge in [-0.2, -0.15) is 0 Å². The molecule has 3 heterocycles. The Hall–Kier alpha value is -1.18. The predicted molar refractivity (Wildman–Crippen MR) is 98.8 cm³/mol. The first kappa shape index (κ1) is 19.2. The summed E-state index contributed by atoms with van der Waals surface area (Å²) in [6, 6.07) is 0.373. The molecule has 6 atom stereocenters. The van der Waals surface area contributed by atoms with E-state index in [-0.39, 0.29) is 72.8 Å². The van der Waals surface area contributed by atoms with E-state index in [4.69, 9.17) is 10.5 Å². The number of carbonyl (C=O) groups is 3. The van der Waals surface area contributed by atoms with Crippen molar-refractivity contribution in [2.45, 2.75) is 69.2 Å². The molecule has 150 valence electrons. The van der Waals surface area contributed by atoms with Crippen molar-refractivity contribution in [3.63, 3.8) is 0 Å². The second-order valence-corrected chi connectivity index (χ2v) is 8.88. The maximum Gasteiger partial charge on any atom is 0.240 e. The van der Waals surface area contributed by atoms with Crippen LogP contribution in [0.15, 0.2) is 0 Å². The van der Waals surface area contributed by atoms with Crippen LogP contribution in [0.1, 0.15) is 44.9 Å². The molecule has 27 heavy (non-hydrogen) atoms. The third kappa shape index (κ3) is 2.98. The van der Waals surface area contributed by atoms with Crippen LogP contribution in [-0.2, 0) is 19.1 Å². The molecule has 5 aliphatic rings.